The fraction of sp³-hybridized carbons (Fsp3) is 1.00. The van der Waals surface area contributed by atoms with E-state index in [0.29, 0.717) is 11.8 Å². The Hall–Kier alpha value is -0.120. The van der Waals surface area contributed by atoms with Crippen molar-refractivity contribution < 1.29 is 14.6 Å². The molecule has 0 saturated carbocycles. The summed E-state index contributed by atoms with van der Waals surface area (Å²) in [5.41, 5.74) is 0. The van der Waals surface area contributed by atoms with Crippen LogP contribution in [0.25, 0.3) is 0 Å². The van der Waals surface area contributed by atoms with Crippen LogP contribution >= 0.6 is 0 Å². The Morgan fingerprint density at radius 2 is 1.57 bits per heavy atom. The molecule has 0 amide bonds. The van der Waals surface area contributed by atoms with Gasteiger partial charge in [-0.05, 0) is 24.7 Å². The van der Waals surface area contributed by atoms with Gasteiger partial charge in [0.05, 0.1) is 0 Å². The summed E-state index contributed by atoms with van der Waals surface area (Å²) in [5, 5.41) is 8.77. The van der Waals surface area contributed by atoms with E-state index in [1.807, 2.05) is 0 Å². The predicted octanol–water partition coefficient (Wildman–Crippen LogP) is 2.04. The second-order valence-electron chi connectivity index (χ2n) is 4.09. The van der Waals surface area contributed by atoms with Gasteiger partial charge in [-0.3, -0.25) is 0 Å². The molecule has 3 heteroatoms. The summed E-state index contributed by atoms with van der Waals surface area (Å²) in [5.74, 6) is 1.14. The molecule has 0 radical (unpaired) electrons. The average Bonchev–Trinajstić information content (AvgIpc) is 2.14. The van der Waals surface area contributed by atoms with Gasteiger partial charge in [0.15, 0.2) is 6.29 Å². The molecule has 1 N–H and O–H groups in total. The molecule has 0 fully saturated rings. The maximum atomic E-state index is 8.77. The maximum absolute atomic E-state index is 8.77. The number of aliphatic hydroxyl groups is 1. The van der Waals surface area contributed by atoms with Crippen molar-refractivity contribution in [1.82, 2.24) is 0 Å². The summed E-state index contributed by atoms with van der Waals surface area (Å²) in [7, 11) is 3.33. The molecule has 0 bridgehead atoms. The first kappa shape index (κ1) is 13.9. The zero-order chi connectivity index (χ0) is 11.0. The molecule has 0 aromatic rings. The van der Waals surface area contributed by atoms with Crippen LogP contribution in [-0.2, 0) is 9.47 Å². The molecule has 0 aliphatic heterocycles. The number of rotatable bonds is 8. The van der Waals surface area contributed by atoms with Gasteiger partial charge < -0.3 is 14.6 Å². The molecule has 0 saturated heterocycles. The normalized spacial score (nSPS) is 15.9. The van der Waals surface area contributed by atoms with Crippen LogP contribution in [0.15, 0.2) is 0 Å². The summed E-state index contributed by atoms with van der Waals surface area (Å²) in [4.78, 5) is 0. The van der Waals surface area contributed by atoms with Crippen LogP contribution in [0.4, 0.5) is 0 Å². The van der Waals surface area contributed by atoms with E-state index < -0.39 is 0 Å². The molecule has 0 aromatic heterocycles. The van der Waals surface area contributed by atoms with E-state index in [1.54, 1.807) is 14.2 Å². The minimum atomic E-state index is -0.0914. The molecule has 3 nitrogen and oxygen atoms in total. The Morgan fingerprint density at radius 3 is 2.00 bits per heavy atom. The van der Waals surface area contributed by atoms with Crippen LogP contribution in [0.5, 0.6) is 0 Å². The summed E-state index contributed by atoms with van der Waals surface area (Å²) in [6.07, 6.45) is 2.83. The van der Waals surface area contributed by atoms with E-state index in [0.717, 1.165) is 19.3 Å². The fourth-order valence-electron chi connectivity index (χ4n) is 1.74. The third kappa shape index (κ3) is 6.35. The molecule has 86 valence electrons. The van der Waals surface area contributed by atoms with Gasteiger partial charge >= 0.3 is 0 Å². The molecule has 14 heavy (non-hydrogen) atoms. The highest BCUT2D eigenvalue weighted by atomic mass is 16.7. The molecule has 0 aromatic carbocycles. The number of methoxy groups -OCH3 is 2. The molecule has 0 unspecified atom stereocenters. The summed E-state index contributed by atoms with van der Waals surface area (Å²) in [6.45, 7) is 4.64. The van der Waals surface area contributed by atoms with Crippen LogP contribution in [0.2, 0.25) is 0 Å². The standard InChI is InChI=1S/C11H24O3/c1-9(5-6-12)7-10(2)8-11(13-3)14-4/h9-12H,5-8H2,1-4H3/t9-,10+/m1/s1. The minimum Gasteiger partial charge on any atom is -0.396 e. The Kier molecular flexibility index (Phi) is 8.14. The van der Waals surface area contributed by atoms with E-state index in [9.17, 15) is 0 Å². The maximum Gasteiger partial charge on any atom is 0.157 e. The molecule has 0 heterocycles. The number of hydrogen-bond acceptors (Lipinski definition) is 3. The molecule has 0 aliphatic rings. The van der Waals surface area contributed by atoms with Crippen LogP contribution < -0.4 is 0 Å². The molecular weight excluding hydrogens is 180 g/mol. The van der Waals surface area contributed by atoms with Crippen LogP contribution in [0.1, 0.15) is 33.1 Å². The third-order valence-corrected chi connectivity index (χ3v) is 2.55. The lowest BCUT2D eigenvalue weighted by Gasteiger charge is -2.20. The van der Waals surface area contributed by atoms with Gasteiger partial charge in [0.25, 0.3) is 0 Å². The predicted molar refractivity (Wildman–Crippen MR) is 57.1 cm³/mol. The zero-order valence-corrected chi connectivity index (χ0v) is 9.82. The van der Waals surface area contributed by atoms with Crippen molar-refractivity contribution in [3.8, 4) is 0 Å². The van der Waals surface area contributed by atoms with Gasteiger partial charge in [0.1, 0.15) is 0 Å². The zero-order valence-electron chi connectivity index (χ0n) is 9.82. The van der Waals surface area contributed by atoms with Crippen molar-refractivity contribution in [3.05, 3.63) is 0 Å². The van der Waals surface area contributed by atoms with Crippen molar-refractivity contribution in [2.75, 3.05) is 20.8 Å². The second-order valence-corrected chi connectivity index (χ2v) is 4.09. The first-order chi connectivity index (χ1) is 6.63. The van der Waals surface area contributed by atoms with E-state index in [4.69, 9.17) is 14.6 Å². The first-order valence-corrected chi connectivity index (χ1v) is 5.30. The quantitative estimate of drug-likeness (QED) is 0.615. The van der Waals surface area contributed by atoms with Crippen molar-refractivity contribution in [2.24, 2.45) is 11.8 Å². The van der Waals surface area contributed by atoms with Gasteiger partial charge in [0.2, 0.25) is 0 Å². The molecule has 0 spiro atoms. The highest BCUT2D eigenvalue weighted by molar-refractivity contribution is 4.61. The number of hydrogen-bond donors (Lipinski definition) is 1. The van der Waals surface area contributed by atoms with E-state index in [1.165, 1.54) is 0 Å². The average molecular weight is 204 g/mol. The smallest absolute Gasteiger partial charge is 0.157 e. The highest BCUT2D eigenvalue weighted by Crippen LogP contribution is 2.20. The van der Waals surface area contributed by atoms with Gasteiger partial charge in [-0.15, -0.1) is 0 Å². The Labute approximate surface area is 87.4 Å². The van der Waals surface area contributed by atoms with E-state index >= 15 is 0 Å². The van der Waals surface area contributed by atoms with Crippen LogP contribution in [0.3, 0.4) is 0 Å². The number of ether oxygens (including phenoxy) is 2. The van der Waals surface area contributed by atoms with Crippen molar-refractivity contribution in [2.45, 2.75) is 39.4 Å². The Bertz CT molecular complexity index is 124. The van der Waals surface area contributed by atoms with E-state index in [-0.39, 0.29) is 12.9 Å². The highest BCUT2D eigenvalue weighted by Gasteiger charge is 2.14. The van der Waals surface area contributed by atoms with E-state index in [2.05, 4.69) is 13.8 Å². The first-order valence-electron chi connectivity index (χ1n) is 5.30. The van der Waals surface area contributed by atoms with Gasteiger partial charge in [0, 0.05) is 27.2 Å². The molecule has 2 atom stereocenters. The van der Waals surface area contributed by atoms with Gasteiger partial charge in [-0.1, -0.05) is 13.8 Å². The molecular formula is C11H24O3. The summed E-state index contributed by atoms with van der Waals surface area (Å²) < 4.78 is 10.3. The SMILES string of the molecule is COC(C[C@@H](C)C[C@H](C)CCO)OC. The van der Waals surface area contributed by atoms with Crippen LogP contribution in [-0.4, -0.2) is 32.2 Å². The third-order valence-electron chi connectivity index (χ3n) is 2.55. The monoisotopic (exact) mass is 204 g/mol. The minimum absolute atomic E-state index is 0.0914. The second kappa shape index (κ2) is 8.21. The van der Waals surface area contributed by atoms with Crippen LogP contribution in [0, 0.1) is 11.8 Å². The fourth-order valence-corrected chi connectivity index (χ4v) is 1.74. The van der Waals surface area contributed by atoms with Crippen molar-refractivity contribution >= 4 is 0 Å². The van der Waals surface area contributed by atoms with Gasteiger partial charge in [-0.2, -0.15) is 0 Å². The van der Waals surface area contributed by atoms with Gasteiger partial charge in [-0.25, -0.2) is 0 Å². The lowest BCUT2D eigenvalue weighted by Crippen LogP contribution is -2.18. The summed E-state index contributed by atoms with van der Waals surface area (Å²) in [6, 6.07) is 0. The van der Waals surface area contributed by atoms with Crippen molar-refractivity contribution in [1.29, 1.82) is 0 Å². The topological polar surface area (TPSA) is 38.7 Å². The Morgan fingerprint density at radius 1 is 1.00 bits per heavy atom. The number of aliphatic hydroxyl groups excluding tert-OH is 1. The van der Waals surface area contributed by atoms with Crippen molar-refractivity contribution in [3.63, 3.8) is 0 Å². The Balaban J connectivity index is 3.67. The molecule has 0 rings (SSSR count). The molecule has 0 aliphatic carbocycles. The summed E-state index contributed by atoms with van der Waals surface area (Å²) >= 11 is 0. The largest absolute Gasteiger partial charge is 0.396 e. The lowest BCUT2D eigenvalue weighted by molar-refractivity contribution is -0.114. The lowest BCUT2D eigenvalue weighted by atomic mass is 9.92.